The zero-order chi connectivity index (χ0) is 22.1. The molecule has 2 atom stereocenters. The number of carbonyl (C=O) groups excluding carboxylic acids is 1. The van der Waals surface area contributed by atoms with Crippen molar-refractivity contribution in [1.29, 1.82) is 0 Å². The number of hydrogen-bond donors (Lipinski definition) is 1. The zero-order valence-corrected chi connectivity index (χ0v) is 17.6. The van der Waals surface area contributed by atoms with Crippen LogP contribution in [0.2, 0.25) is 0 Å². The maximum atomic E-state index is 15.1. The van der Waals surface area contributed by atoms with Crippen LogP contribution in [0.5, 0.6) is 0 Å². The monoisotopic (exact) mass is 452 g/mol. The van der Waals surface area contributed by atoms with Crippen LogP contribution in [0, 0.1) is 17.6 Å². The maximum Gasteiger partial charge on any atom is 0.257 e. The lowest BCUT2D eigenvalue weighted by atomic mass is 9.80. The summed E-state index contributed by atoms with van der Waals surface area (Å²) in [5, 5.41) is 3.20. The third kappa shape index (κ3) is 3.67. The number of benzene rings is 2. The Morgan fingerprint density at radius 3 is 2.69 bits per heavy atom. The number of amides is 1. The van der Waals surface area contributed by atoms with Crippen LogP contribution in [0.25, 0.3) is 11.1 Å². The minimum atomic E-state index is -1.06. The van der Waals surface area contributed by atoms with Gasteiger partial charge in [0, 0.05) is 52.4 Å². The van der Waals surface area contributed by atoms with E-state index in [9.17, 15) is 9.18 Å². The standard InChI is InChI=1S/C23H18F2N4O2S/c24-19-7-20(25)18(6-17(19)15-8-26-13-27-9-15)23-12-31-10-16(23)11-32-22(29-23)28-21(30)14-4-2-1-3-5-14/h1-9,13,16H,10-12H2,(H,28,29,30)/t16-,23-/m0/s1. The predicted molar refractivity (Wildman–Crippen MR) is 117 cm³/mol. The minimum Gasteiger partial charge on any atom is -0.378 e. The Hall–Kier alpha value is -3.17. The Balaban J connectivity index is 1.56. The van der Waals surface area contributed by atoms with Gasteiger partial charge in [-0.05, 0) is 18.2 Å². The van der Waals surface area contributed by atoms with Gasteiger partial charge in [-0.25, -0.2) is 23.7 Å². The fourth-order valence-electron chi connectivity index (χ4n) is 4.04. The molecule has 1 aromatic heterocycles. The number of carbonyl (C=O) groups is 1. The molecule has 2 aliphatic heterocycles. The van der Waals surface area contributed by atoms with E-state index < -0.39 is 17.2 Å². The number of thioether (sulfide) groups is 1. The number of amidine groups is 1. The van der Waals surface area contributed by atoms with E-state index >= 15 is 4.39 Å². The van der Waals surface area contributed by atoms with Gasteiger partial charge < -0.3 is 10.1 Å². The number of aliphatic imine (C=N–C) groups is 1. The van der Waals surface area contributed by atoms with E-state index in [2.05, 4.69) is 15.3 Å². The van der Waals surface area contributed by atoms with Crippen molar-refractivity contribution < 1.29 is 18.3 Å². The summed E-state index contributed by atoms with van der Waals surface area (Å²) in [7, 11) is 0. The summed E-state index contributed by atoms with van der Waals surface area (Å²) in [6.45, 7) is 0.535. The number of ether oxygens (including phenoxy) is 1. The Kier molecular flexibility index (Phi) is 5.44. The second-order valence-electron chi connectivity index (χ2n) is 7.62. The molecular formula is C23H18F2N4O2S. The Labute approximate surface area is 187 Å². The van der Waals surface area contributed by atoms with Gasteiger partial charge in [0.1, 0.15) is 23.5 Å². The first-order valence-electron chi connectivity index (χ1n) is 9.98. The van der Waals surface area contributed by atoms with Crippen molar-refractivity contribution in [3.63, 3.8) is 0 Å². The van der Waals surface area contributed by atoms with Gasteiger partial charge in [-0.2, -0.15) is 0 Å². The number of rotatable bonds is 3. The van der Waals surface area contributed by atoms with Crippen molar-refractivity contribution in [2.75, 3.05) is 19.0 Å². The molecule has 5 rings (SSSR count). The number of hydrogen-bond acceptors (Lipinski definition) is 6. The molecule has 0 bridgehead atoms. The van der Waals surface area contributed by atoms with E-state index in [0.29, 0.717) is 28.7 Å². The van der Waals surface area contributed by atoms with Gasteiger partial charge in [0.25, 0.3) is 5.91 Å². The van der Waals surface area contributed by atoms with Crippen molar-refractivity contribution in [3.05, 3.63) is 83.9 Å². The average molecular weight is 452 g/mol. The molecule has 3 aromatic rings. The molecule has 32 heavy (non-hydrogen) atoms. The smallest absolute Gasteiger partial charge is 0.257 e. The number of halogens is 2. The lowest BCUT2D eigenvalue weighted by Gasteiger charge is -2.35. The summed E-state index contributed by atoms with van der Waals surface area (Å²) < 4.78 is 35.5. The first kappa shape index (κ1) is 20.7. The largest absolute Gasteiger partial charge is 0.378 e. The number of nitrogens with zero attached hydrogens (tertiary/aromatic N) is 3. The second-order valence-corrected chi connectivity index (χ2v) is 8.63. The Morgan fingerprint density at radius 2 is 1.91 bits per heavy atom. The molecule has 0 spiro atoms. The Morgan fingerprint density at radius 1 is 1.12 bits per heavy atom. The van der Waals surface area contributed by atoms with Crippen molar-refractivity contribution in [2.24, 2.45) is 10.9 Å². The number of nitrogens with one attached hydrogen (secondary N) is 1. The molecule has 2 aromatic carbocycles. The molecule has 0 unspecified atom stereocenters. The van der Waals surface area contributed by atoms with Gasteiger partial charge in [-0.1, -0.05) is 30.0 Å². The SMILES string of the molecule is O=C(NC1=N[C@@]2(c3cc(-c4cncnc4)c(F)cc3F)COC[C@H]2CS1)c1ccccc1. The third-order valence-corrected chi connectivity index (χ3v) is 6.73. The molecule has 6 nitrogen and oxygen atoms in total. The number of aromatic nitrogens is 2. The Bertz CT molecular complexity index is 1190. The van der Waals surface area contributed by atoms with Crippen LogP contribution in [0.15, 0.2) is 66.2 Å². The van der Waals surface area contributed by atoms with E-state index in [-0.39, 0.29) is 29.6 Å². The van der Waals surface area contributed by atoms with Gasteiger partial charge in [0.2, 0.25) is 0 Å². The van der Waals surface area contributed by atoms with Crippen molar-refractivity contribution in [1.82, 2.24) is 15.3 Å². The van der Waals surface area contributed by atoms with E-state index in [4.69, 9.17) is 9.73 Å². The molecule has 3 heterocycles. The van der Waals surface area contributed by atoms with Crippen LogP contribution in [0.1, 0.15) is 15.9 Å². The molecule has 0 saturated carbocycles. The zero-order valence-electron chi connectivity index (χ0n) is 16.8. The molecule has 1 fully saturated rings. The highest BCUT2D eigenvalue weighted by Crippen LogP contribution is 2.46. The molecule has 0 radical (unpaired) electrons. The first-order valence-corrected chi connectivity index (χ1v) is 11.0. The minimum absolute atomic E-state index is 0.121. The van der Waals surface area contributed by atoms with Gasteiger partial charge in [-0.15, -0.1) is 0 Å². The fraction of sp³-hybridized carbons (Fsp3) is 0.217. The summed E-state index contributed by atoms with van der Waals surface area (Å²) in [4.78, 5) is 25.2. The molecule has 0 aliphatic carbocycles. The topological polar surface area (TPSA) is 76.5 Å². The first-order chi connectivity index (χ1) is 15.6. The molecule has 1 N–H and O–H groups in total. The normalized spacial score (nSPS) is 22.2. The van der Waals surface area contributed by atoms with E-state index in [1.54, 1.807) is 24.3 Å². The summed E-state index contributed by atoms with van der Waals surface area (Å²) in [5.74, 6) is -1.26. The molecule has 162 valence electrons. The van der Waals surface area contributed by atoms with Crippen molar-refractivity contribution in [3.8, 4) is 11.1 Å². The van der Waals surface area contributed by atoms with Gasteiger partial charge in [-0.3, -0.25) is 4.79 Å². The predicted octanol–water partition coefficient (Wildman–Crippen LogP) is 3.80. The summed E-state index contributed by atoms with van der Waals surface area (Å²) >= 11 is 1.39. The third-order valence-electron chi connectivity index (χ3n) is 5.69. The van der Waals surface area contributed by atoms with Crippen molar-refractivity contribution in [2.45, 2.75) is 5.54 Å². The fourth-order valence-corrected chi connectivity index (χ4v) is 5.16. The lowest BCUT2D eigenvalue weighted by molar-refractivity contribution is 0.0977. The molecule has 2 aliphatic rings. The molecule has 1 saturated heterocycles. The highest BCUT2D eigenvalue weighted by Gasteiger charge is 2.50. The van der Waals surface area contributed by atoms with Gasteiger partial charge in [0.05, 0.1) is 13.2 Å². The molecular weight excluding hydrogens is 434 g/mol. The van der Waals surface area contributed by atoms with E-state index in [0.717, 1.165) is 6.07 Å². The van der Waals surface area contributed by atoms with Gasteiger partial charge in [0.15, 0.2) is 5.17 Å². The quantitative estimate of drug-likeness (QED) is 0.654. The highest BCUT2D eigenvalue weighted by atomic mass is 32.2. The summed E-state index contributed by atoms with van der Waals surface area (Å²) in [5.41, 5.74) is 0.281. The lowest BCUT2D eigenvalue weighted by Crippen LogP contribution is -2.42. The second kappa shape index (κ2) is 8.40. The summed E-state index contributed by atoms with van der Waals surface area (Å²) in [6, 6.07) is 11.1. The van der Waals surface area contributed by atoms with Crippen LogP contribution in [-0.4, -0.2) is 40.0 Å². The van der Waals surface area contributed by atoms with Gasteiger partial charge >= 0.3 is 0 Å². The van der Waals surface area contributed by atoms with Crippen LogP contribution < -0.4 is 5.32 Å². The van der Waals surface area contributed by atoms with E-state index in [1.165, 1.54) is 36.5 Å². The summed E-state index contributed by atoms with van der Waals surface area (Å²) in [6.07, 6.45) is 4.29. The maximum absolute atomic E-state index is 15.1. The average Bonchev–Trinajstić information content (AvgIpc) is 3.24. The van der Waals surface area contributed by atoms with E-state index in [1.807, 2.05) is 6.07 Å². The highest BCUT2D eigenvalue weighted by molar-refractivity contribution is 8.13. The van der Waals surface area contributed by atoms with Crippen molar-refractivity contribution >= 4 is 22.8 Å². The number of fused-ring (bicyclic) bond motifs is 1. The van der Waals surface area contributed by atoms with Crippen LogP contribution >= 0.6 is 11.8 Å². The molecule has 9 heteroatoms. The van der Waals surface area contributed by atoms with Crippen LogP contribution in [0.3, 0.4) is 0 Å². The van der Waals surface area contributed by atoms with Crippen LogP contribution in [-0.2, 0) is 10.3 Å². The molecule has 1 amide bonds. The van der Waals surface area contributed by atoms with Crippen LogP contribution in [0.4, 0.5) is 8.78 Å².